The van der Waals surface area contributed by atoms with Crippen molar-refractivity contribution in [2.24, 2.45) is 5.41 Å². The first kappa shape index (κ1) is 17.4. The Kier molecular flexibility index (Phi) is 5.03. The second-order valence-corrected chi connectivity index (χ2v) is 5.18. The molecule has 7 nitrogen and oxygen atoms in total. The van der Waals surface area contributed by atoms with Crippen LogP contribution in [-0.4, -0.2) is 39.0 Å². The summed E-state index contributed by atoms with van der Waals surface area (Å²) in [6, 6.07) is 0. The van der Waals surface area contributed by atoms with Gasteiger partial charge >= 0.3 is 17.9 Å². The van der Waals surface area contributed by atoms with Gasteiger partial charge in [-0.2, -0.15) is 0 Å². The predicted molar refractivity (Wildman–Crippen MR) is 75.2 cm³/mol. The van der Waals surface area contributed by atoms with Crippen molar-refractivity contribution in [2.45, 2.75) is 26.2 Å². The van der Waals surface area contributed by atoms with Gasteiger partial charge in [-0.05, 0) is 25.0 Å². The Labute approximate surface area is 126 Å². The van der Waals surface area contributed by atoms with Gasteiger partial charge < -0.3 is 15.3 Å². The molecule has 0 amide bonds. The van der Waals surface area contributed by atoms with E-state index in [0.717, 1.165) is 12.2 Å². The molecular formula is C15H16O7. The highest BCUT2D eigenvalue weighted by molar-refractivity contribution is 6.02. The molecule has 0 saturated carbocycles. The summed E-state index contributed by atoms with van der Waals surface area (Å²) in [5.74, 6) is -4.55. The van der Waals surface area contributed by atoms with E-state index < -0.39 is 40.9 Å². The van der Waals surface area contributed by atoms with Crippen molar-refractivity contribution >= 4 is 23.7 Å². The van der Waals surface area contributed by atoms with Crippen LogP contribution in [0.3, 0.4) is 0 Å². The molecule has 0 fully saturated rings. The molecule has 0 radical (unpaired) electrons. The Morgan fingerprint density at radius 1 is 1.18 bits per heavy atom. The molecule has 0 heterocycles. The molecule has 1 rings (SSSR count). The molecule has 0 aromatic heterocycles. The second-order valence-electron chi connectivity index (χ2n) is 5.18. The lowest BCUT2D eigenvalue weighted by atomic mass is 9.72. The van der Waals surface area contributed by atoms with Crippen LogP contribution in [0.5, 0.6) is 0 Å². The fourth-order valence-corrected chi connectivity index (χ4v) is 2.18. The molecule has 0 aromatic rings. The molecule has 1 aliphatic carbocycles. The molecular weight excluding hydrogens is 292 g/mol. The van der Waals surface area contributed by atoms with E-state index in [9.17, 15) is 24.3 Å². The zero-order valence-electron chi connectivity index (χ0n) is 12.0. The maximum absolute atomic E-state index is 11.6. The van der Waals surface area contributed by atoms with Crippen LogP contribution in [0.25, 0.3) is 0 Å². The number of aliphatic carboxylic acids is 3. The van der Waals surface area contributed by atoms with E-state index in [-0.39, 0.29) is 24.2 Å². The summed E-state index contributed by atoms with van der Waals surface area (Å²) in [6.07, 6.45) is 1.40. The van der Waals surface area contributed by atoms with E-state index in [2.05, 4.69) is 6.58 Å². The topological polar surface area (TPSA) is 129 Å². The Morgan fingerprint density at radius 2 is 1.77 bits per heavy atom. The lowest BCUT2D eigenvalue weighted by Crippen LogP contribution is -2.34. The van der Waals surface area contributed by atoms with Crippen molar-refractivity contribution in [2.75, 3.05) is 0 Å². The second kappa shape index (κ2) is 6.38. The first-order chi connectivity index (χ1) is 10.1. The van der Waals surface area contributed by atoms with Crippen LogP contribution in [0.15, 0.2) is 35.5 Å². The van der Waals surface area contributed by atoms with E-state index >= 15 is 0 Å². The molecule has 1 unspecified atom stereocenters. The number of hydrogen-bond acceptors (Lipinski definition) is 4. The van der Waals surface area contributed by atoms with Crippen molar-refractivity contribution in [3.8, 4) is 0 Å². The minimum absolute atomic E-state index is 0.110. The van der Waals surface area contributed by atoms with Gasteiger partial charge in [0.05, 0.1) is 16.6 Å². The number of ketones is 1. The van der Waals surface area contributed by atoms with Gasteiger partial charge in [0.2, 0.25) is 0 Å². The summed E-state index contributed by atoms with van der Waals surface area (Å²) >= 11 is 0. The first-order valence-electron chi connectivity index (χ1n) is 6.42. The van der Waals surface area contributed by atoms with Crippen molar-refractivity contribution in [3.63, 3.8) is 0 Å². The van der Waals surface area contributed by atoms with Gasteiger partial charge in [0.15, 0.2) is 5.78 Å². The number of carboxylic acids is 3. The van der Waals surface area contributed by atoms with E-state index in [1.54, 1.807) is 0 Å². The molecule has 1 atom stereocenters. The van der Waals surface area contributed by atoms with E-state index in [1.807, 2.05) is 0 Å². The number of rotatable bonds is 7. The van der Waals surface area contributed by atoms with Crippen molar-refractivity contribution < 1.29 is 34.5 Å². The number of carboxylic acid groups (broad SMARTS) is 3. The lowest BCUT2D eigenvalue weighted by molar-refractivity contribution is -0.147. The van der Waals surface area contributed by atoms with Gasteiger partial charge in [0, 0.05) is 12.8 Å². The smallest absolute Gasteiger partial charge is 0.336 e. The largest absolute Gasteiger partial charge is 0.481 e. The molecule has 1 aliphatic rings. The monoisotopic (exact) mass is 308 g/mol. The summed E-state index contributed by atoms with van der Waals surface area (Å²) in [7, 11) is 0. The molecule has 0 saturated heterocycles. The number of carbonyl (C=O) groups excluding carboxylic acids is 1. The molecule has 0 aromatic carbocycles. The van der Waals surface area contributed by atoms with Crippen LogP contribution in [0.4, 0.5) is 0 Å². The van der Waals surface area contributed by atoms with Gasteiger partial charge in [-0.15, -0.1) is 0 Å². The molecule has 0 aliphatic heterocycles. The van der Waals surface area contributed by atoms with E-state index in [0.29, 0.717) is 0 Å². The molecule has 0 spiro atoms. The zero-order valence-corrected chi connectivity index (χ0v) is 12.0. The van der Waals surface area contributed by atoms with Crippen LogP contribution < -0.4 is 0 Å². The van der Waals surface area contributed by atoms with Crippen molar-refractivity contribution in [1.82, 2.24) is 0 Å². The third-order valence-corrected chi connectivity index (χ3v) is 3.58. The summed E-state index contributed by atoms with van der Waals surface area (Å²) in [6.45, 7) is 4.97. The highest BCUT2D eigenvalue weighted by atomic mass is 16.4. The fourth-order valence-electron chi connectivity index (χ4n) is 2.18. The van der Waals surface area contributed by atoms with E-state index in [4.69, 9.17) is 10.2 Å². The van der Waals surface area contributed by atoms with Gasteiger partial charge in [-0.1, -0.05) is 12.7 Å². The molecule has 3 N–H and O–H groups in total. The Balaban J connectivity index is 3.15. The predicted octanol–water partition coefficient (Wildman–Crippen LogP) is 1.41. The Hall–Kier alpha value is -2.70. The van der Waals surface area contributed by atoms with Crippen molar-refractivity contribution in [1.29, 1.82) is 0 Å². The Bertz CT molecular complexity index is 624. The third-order valence-electron chi connectivity index (χ3n) is 3.58. The summed E-state index contributed by atoms with van der Waals surface area (Å²) in [5.41, 5.74) is -2.27. The number of Topliss-reactive ketones (excluding diaryl/α,β-unsaturated/α-hetero) is 1. The number of carbonyl (C=O) groups is 4. The summed E-state index contributed by atoms with van der Waals surface area (Å²) < 4.78 is 0. The average Bonchev–Trinajstić information content (AvgIpc) is 2.43. The average molecular weight is 308 g/mol. The summed E-state index contributed by atoms with van der Waals surface area (Å²) in [5, 5.41) is 27.5. The van der Waals surface area contributed by atoms with Crippen LogP contribution in [-0.2, 0) is 19.2 Å². The fraction of sp³-hybridized carbons (Fsp3) is 0.333. The quantitative estimate of drug-likeness (QED) is 0.606. The highest BCUT2D eigenvalue weighted by Crippen LogP contribution is 2.39. The minimum Gasteiger partial charge on any atom is -0.481 e. The number of allylic oxidation sites excluding steroid dienone is 1. The lowest BCUT2D eigenvalue weighted by Gasteiger charge is -2.29. The highest BCUT2D eigenvalue weighted by Gasteiger charge is 2.42. The maximum atomic E-state index is 11.6. The van der Waals surface area contributed by atoms with Gasteiger partial charge in [-0.25, -0.2) is 9.59 Å². The third kappa shape index (κ3) is 3.49. The van der Waals surface area contributed by atoms with Gasteiger partial charge in [0.25, 0.3) is 0 Å². The molecule has 118 valence electrons. The first-order valence-corrected chi connectivity index (χ1v) is 6.42. The molecule has 7 heteroatoms. The SMILES string of the molecule is C=C(C)C(=O)CCC1(C(=O)O)C=CC(C(=O)O)=C(C(=O)O)C1. The van der Waals surface area contributed by atoms with Crippen LogP contribution in [0.1, 0.15) is 26.2 Å². The molecule has 0 bridgehead atoms. The van der Waals surface area contributed by atoms with Crippen LogP contribution in [0, 0.1) is 5.41 Å². The maximum Gasteiger partial charge on any atom is 0.336 e. The van der Waals surface area contributed by atoms with Crippen LogP contribution in [0.2, 0.25) is 0 Å². The zero-order chi connectivity index (χ0) is 17.1. The number of hydrogen-bond donors (Lipinski definition) is 3. The minimum atomic E-state index is -1.61. The van der Waals surface area contributed by atoms with E-state index in [1.165, 1.54) is 6.92 Å². The van der Waals surface area contributed by atoms with Crippen LogP contribution >= 0.6 is 0 Å². The molecule has 22 heavy (non-hydrogen) atoms. The van der Waals surface area contributed by atoms with Gasteiger partial charge in [0.1, 0.15) is 0 Å². The van der Waals surface area contributed by atoms with Gasteiger partial charge in [-0.3, -0.25) is 9.59 Å². The Morgan fingerprint density at radius 3 is 2.18 bits per heavy atom. The summed E-state index contributed by atoms with van der Waals surface area (Å²) in [4.78, 5) is 45.4. The van der Waals surface area contributed by atoms with Crippen molar-refractivity contribution in [3.05, 3.63) is 35.5 Å². The normalized spacial score (nSPS) is 20.6. The standard InChI is InChI=1S/C15H16O7/c1-8(2)11(16)4-6-15(14(21)22)5-3-9(12(17)18)10(7-15)13(19)20/h3,5H,1,4,6-7H2,2H3,(H,17,18)(H,19,20)(H,21,22).